The van der Waals surface area contributed by atoms with Gasteiger partial charge in [0, 0.05) is 50.0 Å². The molecule has 2 N–H and O–H groups in total. The molecule has 2 aliphatic heterocycles. The van der Waals surface area contributed by atoms with Gasteiger partial charge in [-0.15, -0.1) is 6.58 Å². The SMILES string of the molecule is C=C[C@@H]1C[C@]1(CC(=O)[C@@H]1C[C@@]2(CN1C(=O)[C@@H](CC(=O)[C@@H](NC(=O)c1cnc(C)cn1)C1CCCCC1)C(C)(C)C)C(C)(C)C21CCC1)C(=O)NS(=O)(=O)N1CCCC1. The first kappa shape index (κ1) is 42.6. The Morgan fingerprint density at radius 2 is 1.62 bits per heavy atom. The molecule has 1 aromatic heterocycles. The first-order valence-electron chi connectivity index (χ1n) is 21.6. The third kappa shape index (κ3) is 7.15. The zero-order valence-corrected chi connectivity index (χ0v) is 36.2. The van der Waals surface area contributed by atoms with Crippen LogP contribution in [-0.4, -0.2) is 88.6 Å². The molecule has 6 fully saturated rings. The molecule has 0 aromatic carbocycles. The number of hydrogen-bond acceptors (Lipinski definition) is 9. The van der Waals surface area contributed by atoms with Gasteiger partial charge in [0.25, 0.3) is 5.91 Å². The lowest BCUT2D eigenvalue weighted by Gasteiger charge is -2.37. The van der Waals surface area contributed by atoms with Crippen molar-refractivity contribution in [1.29, 1.82) is 0 Å². The van der Waals surface area contributed by atoms with Gasteiger partial charge in [0.05, 0.1) is 29.4 Å². The first-order chi connectivity index (χ1) is 27.2. The molecule has 0 radical (unpaired) electrons. The maximum Gasteiger partial charge on any atom is 0.303 e. The van der Waals surface area contributed by atoms with Crippen LogP contribution in [-0.2, 0) is 29.4 Å². The molecule has 6 atom stereocenters. The van der Waals surface area contributed by atoms with Crippen LogP contribution >= 0.6 is 0 Å². The van der Waals surface area contributed by atoms with Crippen LogP contribution in [0, 0.1) is 51.8 Å². The summed E-state index contributed by atoms with van der Waals surface area (Å²) in [7, 11) is -4.07. The van der Waals surface area contributed by atoms with Gasteiger partial charge in [-0.3, -0.25) is 29.0 Å². The Bertz CT molecular complexity index is 1940. The number of amides is 3. The number of aromatic nitrogens is 2. The van der Waals surface area contributed by atoms with E-state index in [1.54, 1.807) is 17.9 Å². The van der Waals surface area contributed by atoms with Crippen LogP contribution < -0.4 is 10.0 Å². The van der Waals surface area contributed by atoms with Crippen LogP contribution in [0.2, 0.25) is 0 Å². The van der Waals surface area contributed by atoms with E-state index in [1.807, 2.05) is 20.8 Å². The van der Waals surface area contributed by atoms with Crippen LogP contribution in [0.25, 0.3) is 0 Å². The summed E-state index contributed by atoms with van der Waals surface area (Å²) in [5.74, 6) is -3.17. The Morgan fingerprint density at radius 3 is 2.16 bits per heavy atom. The van der Waals surface area contributed by atoms with E-state index in [0.717, 1.165) is 64.2 Å². The molecular formula is C44H64N6O7S. The smallest absolute Gasteiger partial charge is 0.303 e. The maximum absolute atomic E-state index is 15.3. The second-order valence-corrected chi connectivity index (χ2v) is 21.9. The van der Waals surface area contributed by atoms with Gasteiger partial charge in [-0.05, 0) is 86.4 Å². The van der Waals surface area contributed by atoms with Gasteiger partial charge < -0.3 is 10.2 Å². The van der Waals surface area contributed by atoms with Gasteiger partial charge in [-0.2, -0.15) is 12.7 Å². The van der Waals surface area contributed by atoms with Gasteiger partial charge in [0.2, 0.25) is 11.8 Å². The molecule has 58 heavy (non-hydrogen) atoms. The van der Waals surface area contributed by atoms with Crippen molar-refractivity contribution in [2.24, 2.45) is 44.8 Å². The fraction of sp³-hybridized carbons (Fsp3) is 0.750. The van der Waals surface area contributed by atoms with Gasteiger partial charge in [0.1, 0.15) is 5.69 Å². The van der Waals surface area contributed by atoms with Crippen molar-refractivity contribution in [3.05, 3.63) is 36.4 Å². The van der Waals surface area contributed by atoms with Crippen molar-refractivity contribution < 1.29 is 32.4 Å². The number of nitrogens with one attached hydrogen (secondary N) is 2. The van der Waals surface area contributed by atoms with E-state index in [1.165, 1.54) is 16.7 Å². The minimum atomic E-state index is -4.07. The quantitative estimate of drug-likeness (QED) is 0.230. The summed E-state index contributed by atoms with van der Waals surface area (Å²) in [6.07, 6.45) is 14.1. The highest BCUT2D eigenvalue weighted by molar-refractivity contribution is 7.87. The largest absolute Gasteiger partial charge is 0.341 e. The Hall–Kier alpha value is -3.52. The third-order valence-corrected chi connectivity index (χ3v) is 17.5. The molecule has 3 heterocycles. The van der Waals surface area contributed by atoms with Crippen molar-refractivity contribution in [2.75, 3.05) is 19.6 Å². The summed E-state index contributed by atoms with van der Waals surface area (Å²) >= 11 is 0. The Kier molecular flexibility index (Phi) is 11.2. The molecule has 7 rings (SSSR count). The summed E-state index contributed by atoms with van der Waals surface area (Å²) in [4.78, 5) is 82.3. The fourth-order valence-electron chi connectivity index (χ4n) is 11.9. The second kappa shape index (κ2) is 15.2. The fourth-order valence-corrected chi connectivity index (χ4v) is 13.2. The topological polar surface area (TPSA) is 176 Å². The Labute approximate surface area is 344 Å². The number of ketones is 2. The highest BCUT2D eigenvalue weighted by atomic mass is 32.2. The monoisotopic (exact) mass is 820 g/mol. The number of fused-ring (bicyclic) bond motifs is 1. The van der Waals surface area contributed by atoms with Crippen LogP contribution in [0.5, 0.6) is 0 Å². The number of likely N-dealkylation sites (tertiary alicyclic amines) is 1. The molecule has 1 aromatic rings. The highest BCUT2D eigenvalue weighted by Gasteiger charge is 2.85. The minimum absolute atomic E-state index is 0.0118. The van der Waals surface area contributed by atoms with Crippen molar-refractivity contribution in [3.8, 4) is 0 Å². The summed E-state index contributed by atoms with van der Waals surface area (Å²) in [5.41, 5.74) is -1.54. The van der Waals surface area contributed by atoms with Crippen molar-refractivity contribution in [3.63, 3.8) is 0 Å². The lowest BCUT2D eigenvalue weighted by molar-refractivity contribution is -0.146. The Balaban J connectivity index is 1.16. The predicted octanol–water partition coefficient (Wildman–Crippen LogP) is 5.49. The summed E-state index contributed by atoms with van der Waals surface area (Å²) < 4.78 is 30.0. The third-order valence-electron chi connectivity index (χ3n) is 16.0. The van der Waals surface area contributed by atoms with E-state index in [9.17, 15) is 27.6 Å². The number of carbonyl (C=O) groups excluding carboxylic acids is 5. The predicted molar refractivity (Wildman–Crippen MR) is 218 cm³/mol. The van der Waals surface area contributed by atoms with Gasteiger partial charge in [-0.1, -0.05) is 66.4 Å². The maximum atomic E-state index is 15.3. The minimum Gasteiger partial charge on any atom is -0.341 e. The molecule has 2 saturated heterocycles. The van der Waals surface area contributed by atoms with Crippen LogP contribution in [0.4, 0.5) is 0 Å². The second-order valence-electron chi connectivity index (χ2n) is 20.2. The molecule has 14 heteroatoms. The zero-order valence-electron chi connectivity index (χ0n) is 35.4. The van der Waals surface area contributed by atoms with Gasteiger partial charge in [0.15, 0.2) is 11.6 Å². The number of Topliss-reactive ketones (excluding diaryl/α,β-unsaturated/α-hetero) is 2. The normalized spacial score (nSPS) is 30.0. The summed E-state index contributed by atoms with van der Waals surface area (Å²) in [6.45, 7) is 17.1. The van der Waals surface area contributed by atoms with E-state index >= 15 is 4.79 Å². The van der Waals surface area contributed by atoms with E-state index in [0.29, 0.717) is 38.2 Å². The van der Waals surface area contributed by atoms with Crippen LogP contribution in [0.1, 0.15) is 141 Å². The molecular weight excluding hydrogens is 757 g/mol. The molecule has 318 valence electrons. The summed E-state index contributed by atoms with van der Waals surface area (Å²) in [6, 6.07) is -1.64. The molecule has 4 saturated carbocycles. The number of carbonyl (C=O) groups is 5. The van der Waals surface area contributed by atoms with E-state index in [-0.39, 0.29) is 64.1 Å². The number of nitrogens with zero attached hydrogens (tertiary/aromatic N) is 4. The molecule has 0 bridgehead atoms. The average molecular weight is 821 g/mol. The van der Waals surface area contributed by atoms with Gasteiger partial charge in [-0.25, -0.2) is 9.71 Å². The molecule has 3 amide bonds. The molecule has 6 aliphatic rings. The lowest BCUT2D eigenvalue weighted by atomic mass is 9.73. The van der Waals surface area contributed by atoms with Gasteiger partial charge >= 0.3 is 10.2 Å². The van der Waals surface area contributed by atoms with Crippen molar-refractivity contribution in [1.82, 2.24) is 29.2 Å². The van der Waals surface area contributed by atoms with E-state index < -0.39 is 50.9 Å². The highest BCUT2D eigenvalue weighted by Crippen LogP contribution is 2.88. The Morgan fingerprint density at radius 1 is 0.948 bits per heavy atom. The molecule has 2 spiro atoms. The standard InChI is InChI=1S/C44H64N6O7S/c1-8-30-22-42(30,39(55)48-58(56,57)49-19-12-13-20-49)24-35(52)33-23-44(41(6,7)43(44)17-14-18-43)27-50(33)38(54)31(40(3,4)5)21-34(51)36(29-15-10-9-11-16-29)47-37(53)32-26-45-28(2)25-46-32/h8,25-26,29-31,33,36H,1,9-24,27H2,2-7H3,(H,47,53)(H,48,55)/t30-,31-,33+,36+,42-,44-/m1/s1. The van der Waals surface area contributed by atoms with Crippen molar-refractivity contribution >= 4 is 39.5 Å². The molecule has 13 nitrogen and oxygen atoms in total. The number of hydrogen-bond donors (Lipinski definition) is 2. The average Bonchev–Trinajstić information content (AvgIpc) is 3.61. The number of allylic oxidation sites excluding steroid dienone is 1. The van der Waals surface area contributed by atoms with Crippen LogP contribution in [0.15, 0.2) is 25.0 Å². The number of aryl methyl sites for hydroxylation is 1. The number of rotatable bonds is 14. The van der Waals surface area contributed by atoms with E-state index in [2.05, 4.69) is 40.4 Å². The molecule has 0 unspecified atom stereocenters. The van der Waals surface area contributed by atoms with Crippen molar-refractivity contribution in [2.45, 2.75) is 144 Å². The zero-order chi connectivity index (χ0) is 42.1. The summed E-state index contributed by atoms with van der Waals surface area (Å²) in [5, 5.41) is 3.00. The first-order valence-corrected chi connectivity index (χ1v) is 23.1. The lowest BCUT2D eigenvalue weighted by Crippen LogP contribution is -2.51. The van der Waals surface area contributed by atoms with Crippen LogP contribution in [0.3, 0.4) is 0 Å². The van der Waals surface area contributed by atoms with E-state index in [4.69, 9.17) is 0 Å². The molecule has 4 aliphatic carbocycles.